The lowest BCUT2D eigenvalue weighted by molar-refractivity contribution is 0.881. The standard InChI is InChI=1S/C25H24N6/c1-5-23-26-24-17(4)16(3)15(2)13-22(24)31(23)19-11-12-20(18-9-7-6-8-10-18)21(14-19)25-27-29-30-28-25/h6-14H,5H2,1-4H3,(H,27,28,29,30). The van der Waals surface area contributed by atoms with Crippen LogP contribution in [0, 0.1) is 20.8 Å². The first-order valence-electron chi connectivity index (χ1n) is 10.5. The Hall–Kier alpha value is -3.80. The lowest BCUT2D eigenvalue weighted by Gasteiger charge is -2.14. The summed E-state index contributed by atoms with van der Waals surface area (Å²) in [6.45, 7) is 8.63. The number of tetrazole rings is 1. The molecule has 0 amide bonds. The number of H-pyrrole nitrogens is 1. The van der Waals surface area contributed by atoms with Gasteiger partial charge in [0.25, 0.3) is 0 Å². The molecule has 0 atom stereocenters. The van der Waals surface area contributed by atoms with Gasteiger partial charge in [0, 0.05) is 17.7 Å². The summed E-state index contributed by atoms with van der Waals surface area (Å²) in [6, 6.07) is 18.9. The number of rotatable bonds is 4. The number of nitrogens with zero attached hydrogens (tertiary/aromatic N) is 5. The van der Waals surface area contributed by atoms with Gasteiger partial charge in [-0.1, -0.05) is 43.3 Å². The van der Waals surface area contributed by atoms with Crippen molar-refractivity contribution in [1.29, 1.82) is 0 Å². The minimum Gasteiger partial charge on any atom is -0.296 e. The van der Waals surface area contributed by atoms with E-state index in [1.165, 1.54) is 16.7 Å². The van der Waals surface area contributed by atoms with Crippen molar-refractivity contribution in [2.75, 3.05) is 0 Å². The molecule has 2 heterocycles. The van der Waals surface area contributed by atoms with Gasteiger partial charge in [0.2, 0.25) is 5.82 Å². The second-order valence-corrected chi connectivity index (χ2v) is 7.86. The zero-order valence-corrected chi connectivity index (χ0v) is 18.1. The quantitative estimate of drug-likeness (QED) is 0.434. The lowest BCUT2D eigenvalue weighted by atomic mass is 9.98. The molecule has 1 N–H and O–H groups in total. The average Bonchev–Trinajstić information content (AvgIpc) is 3.46. The van der Waals surface area contributed by atoms with Gasteiger partial charge in [0.05, 0.1) is 11.0 Å². The largest absolute Gasteiger partial charge is 0.296 e. The Morgan fingerprint density at radius 1 is 0.903 bits per heavy atom. The topological polar surface area (TPSA) is 72.3 Å². The van der Waals surface area contributed by atoms with Gasteiger partial charge in [-0.25, -0.2) is 4.98 Å². The third-order valence-electron chi connectivity index (χ3n) is 6.09. The van der Waals surface area contributed by atoms with E-state index in [1.54, 1.807) is 0 Å². The number of hydrogen-bond acceptors (Lipinski definition) is 4. The highest BCUT2D eigenvalue weighted by Gasteiger charge is 2.18. The van der Waals surface area contributed by atoms with Crippen LogP contribution in [0.15, 0.2) is 54.6 Å². The molecule has 6 heteroatoms. The van der Waals surface area contributed by atoms with Gasteiger partial charge in [0.15, 0.2) is 0 Å². The summed E-state index contributed by atoms with van der Waals surface area (Å²) >= 11 is 0. The van der Waals surface area contributed by atoms with Crippen molar-refractivity contribution in [3.63, 3.8) is 0 Å². The molecular weight excluding hydrogens is 384 g/mol. The smallest absolute Gasteiger partial charge is 0.205 e. The molecule has 5 aromatic rings. The first-order valence-corrected chi connectivity index (χ1v) is 10.5. The Balaban J connectivity index is 1.79. The van der Waals surface area contributed by atoms with Crippen LogP contribution in [-0.4, -0.2) is 30.2 Å². The molecule has 0 spiro atoms. The Labute approximate surface area is 181 Å². The lowest BCUT2D eigenvalue weighted by Crippen LogP contribution is -2.01. The average molecular weight is 409 g/mol. The van der Waals surface area contributed by atoms with Gasteiger partial charge in [-0.2, -0.15) is 5.21 Å². The Morgan fingerprint density at radius 2 is 1.71 bits per heavy atom. The summed E-state index contributed by atoms with van der Waals surface area (Å²) in [4.78, 5) is 5.00. The molecule has 0 unspecified atom stereocenters. The number of hydrogen-bond donors (Lipinski definition) is 1. The summed E-state index contributed by atoms with van der Waals surface area (Å²) in [5.41, 5.74) is 10.2. The van der Waals surface area contributed by atoms with Crippen molar-refractivity contribution >= 4 is 11.0 Å². The summed E-state index contributed by atoms with van der Waals surface area (Å²) in [5, 5.41) is 14.9. The minimum atomic E-state index is 0.575. The summed E-state index contributed by atoms with van der Waals surface area (Å²) < 4.78 is 2.26. The van der Waals surface area contributed by atoms with Crippen molar-refractivity contribution in [1.82, 2.24) is 30.2 Å². The van der Waals surface area contributed by atoms with E-state index in [0.29, 0.717) is 5.82 Å². The van der Waals surface area contributed by atoms with E-state index in [9.17, 15) is 0 Å². The van der Waals surface area contributed by atoms with Crippen molar-refractivity contribution in [3.05, 3.63) is 77.1 Å². The maximum absolute atomic E-state index is 5.00. The molecule has 2 aromatic heterocycles. The van der Waals surface area contributed by atoms with Gasteiger partial charge >= 0.3 is 0 Å². The van der Waals surface area contributed by atoms with Crippen LogP contribution >= 0.6 is 0 Å². The Morgan fingerprint density at radius 3 is 2.42 bits per heavy atom. The number of fused-ring (bicyclic) bond motifs is 1. The van der Waals surface area contributed by atoms with Crippen LogP contribution in [0.1, 0.15) is 29.4 Å². The Kier molecular flexibility index (Phi) is 4.62. The third-order valence-corrected chi connectivity index (χ3v) is 6.09. The van der Waals surface area contributed by atoms with Gasteiger partial charge in [-0.15, -0.1) is 10.2 Å². The predicted molar refractivity (Wildman–Crippen MR) is 123 cm³/mol. The predicted octanol–water partition coefficient (Wildman–Crippen LogP) is 5.36. The van der Waals surface area contributed by atoms with E-state index in [1.807, 2.05) is 18.2 Å². The molecular formula is C25H24N6. The fourth-order valence-corrected chi connectivity index (χ4v) is 4.20. The maximum atomic E-state index is 5.00. The Bertz CT molecular complexity index is 1380. The van der Waals surface area contributed by atoms with Crippen molar-refractivity contribution in [2.24, 2.45) is 0 Å². The van der Waals surface area contributed by atoms with Crippen LogP contribution in [0.3, 0.4) is 0 Å². The van der Waals surface area contributed by atoms with E-state index in [0.717, 1.165) is 45.7 Å². The second kappa shape index (κ2) is 7.47. The fraction of sp³-hybridized carbons (Fsp3) is 0.200. The number of aromatic nitrogens is 6. The van der Waals surface area contributed by atoms with E-state index < -0.39 is 0 Å². The highest BCUT2D eigenvalue weighted by Crippen LogP contribution is 2.34. The first kappa shape index (κ1) is 19.2. The summed E-state index contributed by atoms with van der Waals surface area (Å²) in [6.07, 6.45) is 0.837. The van der Waals surface area contributed by atoms with E-state index in [-0.39, 0.29) is 0 Å². The van der Waals surface area contributed by atoms with Crippen LogP contribution in [0.4, 0.5) is 0 Å². The highest BCUT2D eigenvalue weighted by atomic mass is 15.5. The number of aryl methyl sites for hydroxylation is 3. The molecule has 0 aliphatic heterocycles. The first-order chi connectivity index (χ1) is 15.1. The molecule has 154 valence electrons. The summed E-state index contributed by atoms with van der Waals surface area (Å²) in [7, 11) is 0. The van der Waals surface area contributed by atoms with Crippen LogP contribution in [0.2, 0.25) is 0 Å². The third kappa shape index (κ3) is 3.11. The number of aromatic amines is 1. The number of imidazole rings is 1. The zero-order valence-electron chi connectivity index (χ0n) is 18.1. The second-order valence-electron chi connectivity index (χ2n) is 7.86. The zero-order chi connectivity index (χ0) is 21.5. The molecule has 0 aliphatic carbocycles. The van der Waals surface area contributed by atoms with Crippen LogP contribution < -0.4 is 0 Å². The van der Waals surface area contributed by atoms with E-state index >= 15 is 0 Å². The van der Waals surface area contributed by atoms with Gasteiger partial charge in [-0.3, -0.25) is 4.57 Å². The maximum Gasteiger partial charge on any atom is 0.205 e. The molecule has 0 fully saturated rings. The van der Waals surface area contributed by atoms with Crippen molar-refractivity contribution in [3.8, 4) is 28.2 Å². The highest BCUT2D eigenvalue weighted by molar-refractivity contribution is 5.86. The van der Waals surface area contributed by atoms with E-state index in [4.69, 9.17) is 4.98 Å². The number of nitrogens with one attached hydrogen (secondary N) is 1. The van der Waals surface area contributed by atoms with E-state index in [2.05, 4.69) is 89.3 Å². The molecule has 0 bridgehead atoms. The minimum absolute atomic E-state index is 0.575. The fourth-order valence-electron chi connectivity index (χ4n) is 4.20. The monoisotopic (exact) mass is 408 g/mol. The normalized spacial score (nSPS) is 11.4. The van der Waals surface area contributed by atoms with Crippen molar-refractivity contribution < 1.29 is 0 Å². The van der Waals surface area contributed by atoms with Crippen LogP contribution in [-0.2, 0) is 6.42 Å². The molecule has 0 saturated carbocycles. The molecule has 6 nitrogen and oxygen atoms in total. The summed E-state index contributed by atoms with van der Waals surface area (Å²) in [5.74, 6) is 1.61. The van der Waals surface area contributed by atoms with Gasteiger partial charge < -0.3 is 0 Å². The molecule has 0 aliphatic rings. The van der Waals surface area contributed by atoms with Crippen LogP contribution in [0.5, 0.6) is 0 Å². The van der Waals surface area contributed by atoms with Gasteiger partial charge in [-0.05, 0) is 72.0 Å². The molecule has 3 aromatic carbocycles. The van der Waals surface area contributed by atoms with Crippen molar-refractivity contribution in [2.45, 2.75) is 34.1 Å². The van der Waals surface area contributed by atoms with Gasteiger partial charge in [0.1, 0.15) is 5.82 Å². The number of benzene rings is 3. The molecule has 31 heavy (non-hydrogen) atoms. The van der Waals surface area contributed by atoms with Crippen LogP contribution in [0.25, 0.3) is 39.2 Å². The molecule has 5 rings (SSSR count). The molecule has 0 radical (unpaired) electrons. The SMILES string of the molecule is CCc1nc2c(C)c(C)c(C)cc2n1-c1ccc(-c2ccccc2)c(-c2nn[nH]n2)c1. The molecule has 0 saturated heterocycles.